The second kappa shape index (κ2) is 8.04. The Kier molecular flexibility index (Phi) is 4.93. The van der Waals surface area contributed by atoms with E-state index in [4.69, 9.17) is 21.6 Å². The second-order valence-electron chi connectivity index (χ2n) is 6.75. The lowest BCUT2D eigenvalue weighted by atomic mass is 10.1. The van der Waals surface area contributed by atoms with E-state index in [0.717, 1.165) is 27.6 Å². The topological polar surface area (TPSA) is 76.5 Å². The van der Waals surface area contributed by atoms with Crippen LogP contribution in [-0.4, -0.2) is 24.9 Å². The van der Waals surface area contributed by atoms with Gasteiger partial charge in [0.2, 0.25) is 0 Å². The summed E-state index contributed by atoms with van der Waals surface area (Å²) in [6.45, 7) is 0. The first-order valence-electron chi connectivity index (χ1n) is 9.37. The summed E-state index contributed by atoms with van der Waals surface area (Å²) in [5.41, 5.74) is 3.93. The molecule has 0 aliphatic rings. The summed E-state index contributed by atoms with van der Waals surface area (Å²) in [4.78, 5) is 21.8. The average Bonchev–Trinajstić information content (AvgIpc) is 2.82. The van der Waals surface area contributed by atoms with Crippen molar-refractivity contribution in [3.05, 3.63) is 90.5 Å². The lowest BCUT2D eigenvalue weighted by Gasteiger charge is -2.12. The zero-order valence-electron chi connectivity index (χ0n) is 16.0. The Balaban J connectivity index is 1.67. The molecule has 0 bridgehead atoms. The van der Waals surface area contributed by atoms with Crippen molar-refractivity contribution in [3.8, 4) is 22.5 Å². The number of anilines is 2. The third kappa shape index (κ3) is 3.91. The van der Waals surface area contributed by atoms with Gasteiger partial charge in [0, 0.05) is 47.0 Å². The molecule has 0 fully saturated rings. The molecule has 0 aliphatic carbocycles. The maximum Gasteiger partial charge on any atom is 0.163 e. The molecule has 0 saturated heterocycles. The molecule has 0 amide bonds. The molecule has 2 aromatic carbocycles. The highest BCUT2D eigenvalue weighted by Gasteiger charge is 2.12. The third-order valence-corrected chi connectivity index (χ3v) is 4.98. The Morgan fingerprint density at radius 3 is 2.42 bits per heavy atom. The largest absolute Gasteiger partial charge is 0.340 e. The Hall–Kier alpha value is -3.97. The summed E-state index contributed by atoms with van der Waals surface area (Å²) in [6, 6.07) is 14.0. The number of nitrogens with one attached hydrogen (secondary N) is 1. The van der Waals surface area contributed by atoms with E-state index in [9.17, 15) is 4.39 Å². The standard InChI is InChI=1S/C23H14ClFN6/c24-19-9-17(4-6-20(19)25)29-23-18-5-3-14(16-11-27-13-28-12-16)8-21(18)30-22(31-23)15-2-1-7-26-10-15/h1-13H,(H,29,30,31). The fourth-order valence-corrected chi connectivity index (χ4v) is 3.37. The fourth-order valence-electron chi connectivity index (χ4n) is 3.19. The van der Waals surface area contributed by atoms with Gasteiger partial charge in [0.05, 0.1) is 10.5 Å². The molecule has 3 aromatic heterocycles. The van der Waals surface area contributed by atoms with Gasteiger partial charge >= 0.3 is 0 Å². The van der Waals surface area contributed by atoms with Gasteiger partial charge in [0.1, 0.15) is 18.0 Å². The van der Waals surface area contributed by atoms with Crippen molar-refractivity contribution in [2.24, 2.45) is 0 Å². The molecule has 1 N–H and O–H groups in total. The molecule has 0 spiro atoms. The van der Waals surface area contributed by atoms with Crippen LogP contribution < -0.4 is 5.32 Å². The van der Waals surface area contributed by atoms with Gasteiger partial charge in [-0.1, -0.05) is 17.7 Å². The molecule has 0 radical (unpaired) electrons. The maximum absolute atomic E-state index is 13.6. The maximum atomic E-state index is 13.6. The van der Waals surface area contributed by atoms with E-state index in [1.807, 2.05) is 30.3 Å². The van der Waals surface area contributed by atoms with E-state index in [1.165, 1.54) is 18.5 Å². The monoisotopic (exact) mass is 428 g/mol. The predicted octanol–water partition coefficient (Wildman–Crippen LogP) is 5.68. The molecular weight excluding hydrogens is 415 g/mol. The molecule has 8 heteroatoms. The molecule has 0 unspecified atom stereocenters. The Morgan fingerprint density at radius 1 is 0.806 bits per heavy atom. The number of halogens is 2. The quantitative estimate of drug-likeness (QED) is 0.396. The molecule has 0 aliphatic heterocycles. The van der Waals surface area contributed by atoms with E-state index in [-0.39, 0.29) is 5.02 Å². The molecular formula is C23H14ClFN6. The summed E-state index contributed by atoms with van der Waals surface area (Å²) in [5.74, 6) is 0.602. The molecule has 150 valence electrons. The smallest absolute Gasteiger partial charge is 0.163 e. The molecule has 3 heterocycles. The highest BCUT2D eigenvalue weighted by atomic mass is 35.5. The summed E-state index contributed by atoms with van der Waals surface area (Å²) < 4.78 is 13.6. The Bertz CT molecular complexity index is 1370. The van der Waals surface area contributed by atoms with Crippen molar-refractivity contribution >= 4 is 34.0 Å². The van der Waals surface area contributed by atoms with E-state index in [0.29, 0.717) is 17.3 Å². The summed E-state index contributed by atoms with van der Waals surface area (Å²) in [5, 5.41) is 4.07. The van der Waals surface area contributed by atoms with E-state index in [1.54, 1.807) is 30.9 Å². The van der Waals surface area contributed by atoms with Gasteiger partial charge in [-0.05, 0) is 48.0 Å². The van der Waals surface area contributed by atoms with Crippen LogP contribution in [-0.2, 0) is 0 Å². The molecule has 0 saturated carbocycles. The summed E-state index contributed by atoms with van der Waals surface area (Å²) in [6.07, 6.45) is 8.38. The lowest BCUT2D eigenvalue weighted by Crippen LogP contribution is -2.00. The minimum Gasteiger partial charge on any atom is -0.340 e. The van der Waals surface area contributed by atoms with Gasteiger partial charge in [-0.25, -0.2) is 24.3 Å². The average molecular weight is 429 g/mol. The minimum absolute atomic E-state index is 0.0298. The molecule has 5 aromatic rings. The Morgan fingerprint density at radius 2 is 1.65 bits per heavy atom. The first-order valence-corrected chi connectivity index (χ1v) is 9.75. The molecule has 6 nitrogen and oxygen atoms in total. The van der Waals surface area contributed by atoms with Crippen LogP contribution in [0.5, 0.6) is 0 Å². The van der Waals surface area contributed by atoms with Crippen molar-refractivity contribution in [3.63, 3.8) is 0 Å². The predicted molar refractivity (Wildman–Crippen MR) is 118 cm³/mol. The number of hydrogen-bond acceptors (Lipinski definition) is 6. The first kappa shape index (κ1) is 19.0. The zero-order valence-corrected chi connectivity index (χ0v) is 16.8. The van der Waals surface area contributed by atoms with Crippen LogP contribution in [0.2, 0.25) is 5.02 Å². The molecule has 31 heavy (non-hydrogen) atoms. The number of rotatable bonds is 4. The van der Waals surface area contributed by atoms with Crippen LogP contribution in [0.1, 0.15) is 0 Å². The normalized spacial score (nSPS) is 10.9. The van der Waals surface area contributed by atoms with Crippen LogP contribution in [0.25, 0.3) is 33.4 Å². The van der Waals surface area contributed by atoms with Gasteiger partial charge in [-0.3, -0.25) is 4.98 Å². The summed E-state index contributed by atoms with van der Waals surface area (Å²) >= 11 is 5.95. The molecule has 5 rings (SSSR count). The second-order valence-corrected chi connectivity index (χ2v) is 7.16. The molecule has 0 atom stereocenters. The minimum atomic E-state index is -0.481. The number of fused-ring (bicyclic) bond motifs is 1. The van der Waals surface area contributed by atoms with E-state index < -0.39 is 5.82 Å². The summed E-state index contributed by atoms with van der Waals surface area (Å²) in [7, 11) is 0. The highest BCUT2D eigenvalue weighted by molar-refractivity contribution is 6.31. The van der Waals surface area contributed by atoms with Gasteiger partial charge in [-0.2, -0.15) is 0 Å². The van der Waals surface area contributed by atoms with Gasteiger partial charge < -0.3 is 5.32 Å². The first-order chi connectivity index (χ1) is 15.2. The van der Waals surface area contributed by atoms with Gasteiger partial charge in [0.25, 0.3) is 0 Å². The van der Waals surface area contributed by atoms with Crippen LogP contribution in [0.4, 0.5) is 15.9 Å². The lowest BCUT2D eigenvalue weighted by molar-refractivity contribution is 0.628. The highest BCUT2D eigenvalue weighted by Crippen LogP contribution is 2.31. The van der Waals surface area contributed by atoms with Gasteiger partial charge in [0.15, 0.2) is 5.82 Å². The van der Waals surface area contributed by atoms with Crippen LogP contribution >= 0.6 is 11.6 Å². The van der Waals surface area contributed by atoms with Gasteiger partial charge in [-0.15, -0.1) is 0 Å². The van der Waals surface area contributed by atoms with E-state index in [2.05, 4.69) is 20.3 Å². The Labute approximate surface area is 181 Å². The fraction of sp³-hybridized carbons (Fsp3) is 0. The number of hydrogen-bond donors (Lipinski definition) is 1. The number of aromatic nitrogens is 5. The van der Waals surface area contributed by atoms with Crippen LogP contribution in [0.15, 0.2) is 79.6 Å². The van der Waals surface area contributed by atoms with Crippen molar-refractivity contribution < 1.29 is 4.39 Å². The van der Waals surface area contributed by atoms with Crippen molar-refractivity contribution in [2.75, 3.05) is 5.32 Å². The number of nitrogens with zero attached hydrogens (tertiary/aromatic N) is 5. The van der Waals surface area contributed by atoms with Crippen LogP contribution in [0, 0.1) is 5.82 Å². The van der Waals surface area contributed by atoms with Crippen molar-refractivity contribution in [1.29, 1.82) is 0 Å². The zero-order chi connectivity index (χ0) is 21.2. The number of pyridine rings is 1. The number of benzene rings is 2. The van der Waals surface area contributed by atoms with E-state index >= 15 is 0 Å². The van der Waals surface area contributed by atoms with Crippen molar-refractivity contribution in [1.82, 2.24) is 24.9 Å². The van der Waals surface area contributed by atoms with Crippen molar-refractivity contribution in [2.45, 2.75) is 0 Å². The SMILES string of the molecule is Fc1ccc(Nc2nc(-c3cccnc3)nc3cc(-c4cncnc4)ccc23)cc1Cl. The van der Waals surface area contributed by atoms with Crippen LogP contribution in [0.3, 0.4) is 0 Å². The third-order valence-electron chi connectivity index (χ3n) is 4.69.